The Kier molecular flexibility index (Phi) is 13.9. The highest BCUT2D eigenvalue weighted by Crippen LogP contribution is 2.23. The van der Waals surface area contributed by atoms with Crippen molar-refractivity contribution in [2.75, 3.05) is 31.1 Å². The lowest BCUT2D eigenvalue weighted by molar-refractivity contribution is -0.129. The van der Waals surface area contributed by atoms with E-state index in [1.54, 1.807) is 30.3 Å². The quantitative estimate of drug-likeness (QED) is 0.0775. The Morgan fingerprint density at radius 3 is 2.22 bits per heavy atom. The molecule has 0 aliphatic heterocycles. The van der Waals surface area contributed by atoms with Gasteiger partial charge in [-0.05, 0) is 30.9 Å². The predicted molar refractivity (Wildman–Crippen MR) is 139 cm³/mol. The average molecular weight is 518 g/mol. The zero-order valence-electron chi connectivity index (χ0n) is 21.2. The van der Waals surface area contributed by atoms with E-state index in [-0.39, 0.29) is 37.9 Å². The summed E-state index contributed by atoms with van der Waals surface area (Å²) in [6, 6.07) is 6.69. The number of nitrogens with zero attached hydrogens (tertiary/aromatic N) is 1. The molecular weight excluding hydrogens is 480 g/mol. The van der Waals surface area contributed by atoms with Crippen molar-refractivity contribution >= 4 is 41.6 Å². The zero-order chi connectivity index (χ0) is 27.8. The molecule has 1 radical (unpaired) electrons. The number of nitrogens with one attached hydrogen (secondary N) is 5. The number of guanidine groups is 1. The van der Waals surface area contributed by atoms with E-state index >= 15 is 0 Å². The van der Waals surface area contributed by atoms with E-state index < -0.39 is 42.3 Å². The number of hydrogen-bond donors (Lipinski definition) is 7. The van der Waals surface area contributed by atoms with Crippen LogP contribution in [0.5, 0.6) is 0 Å². The highest BCUT2D eigenvalue weighted by atomic mass is 16.2. The molecule has 0 fully saturated rings. The van der Waals surface area contributed by atoms with E-state index in [1.807, 2.05) is 20.1 Å². The number of anilines is 1. The Morgan fingerprint density at radius 2 is 1.65 bits per heavy atom. The number of rotatable bonds is 16. The Morgan fingerprint density at radius 1 is 1.03 bits per heavy atom. The molecule has 0 saturated heterocycles. The summed E-state index contributed by atoms with van der Waals surface area (Å²) < 4.78 is 0. The van der Waals surface area contributed by atoms with Crippen LogP contribution in [0.4, 0.5) is 5.69 Å². The molecule has 13 heteroatoms. The molecule has 0 unspecified atom stereocenters. The molecule has 13 nitrogen and oxygen atoms in total. The summed E-state index contributed by atoms with van der Waals surface area (Å²) in [5.74, 6) is -2.72. The van der Waals surface area contributed by atoms with Crippen molar-refractivity contribution in [3.63, 3.8) is 0 Å². The molecule has 1 aromatic rings. The zero-order valence-corrected chi connectivity index (χ0v) is 21.2. The molecule has 0 bridgehead atoms. The van der Waals surface area contributed by atoms with Crippen molar-refractivity contribution in [1.29, 1.82) is 5.41 Å². The standard InChI is InChI=1S/C24H37N8O5/c1-3-16(2)19(15-33)32(17-8-5-4-6-9-17)23(37)18(10-7-11-28-24(26)27)31-22(36)14-30-21(35)13-29-20(34)12-25/h4-6,8-9,16,18-19H,3,7,10-14,25H2,1-2H3,(H,29,34)(H,30,35)(H,31,36)(H4,26,27,28)/t16-,18-,19+/m0/s1. The van der Waals surface area contributed by atoms with E-state index in [1.165, 1.54) is 4.90 Å². The van der Waals surface area contributed by atoms with E-state index in [0.717, 1.165) is 0 Å². The maximum Gasteiger partial charge on any atom is 0.250 e. The molecule has 0 spiro atoms. The number of amides is 4. The van der Waals surface area contributed by atoms with Gasteiger partial charge in [0.15, 0.2) is 5.96 Å². The van der Waals surface area contributed by atoms with Gasteiger partial charge in [0.05, 0.1) is 19.6 Å². The van der Waals surface area contributed by atoms with E-state index in [0.29, 0.717) is 18.5 Å². The third-order valence-corrected chi connectivity index (χ3v) is 5.55. The fourth-order valence-corrected chi connectivity index (χ4v) is 3.35. The van der Waals surface area contributed by atoms with Gasteiger partial charge in [-0.3, -0.25) is 34.3 Å². The summed E-state index contributed by atoms with van der Waals surface area (Å²) in [7, 11) is 0. The molecule has 37 heavy (non-hydrogen) atoms. The predicted octanol–water partition coefficient (Wildman–Crippen LogP) is -1.52. The minimum Gasteiger partial charge on any atom is -0.370 e. The molecule has 0 heterocycles. The molecule has 4 amide bonds. The van der Waals surface area contributed by atoms with Crippen molar-refractivity contribution in [2.24, 2.45) is 17.4 Å². The molecule has 1 rings (SSSR count). The monoisotopic (exact) mass is 517 g/mol. The first-order chi connectivity index (χ1) is 17.6. The summed E-state index contributed by atoms with van der Waals surface area (Å²) in [6.07, 6.45) is 3.13. The second-order valence-corrected chi connectivity index (χ2v) is 8.35. The Bertz CT molecular complexity index is 927. The fraction of sp³-hybridized carbons (Fsp3) is 0.500. The summed E-state index contributed by atoms with van der Waals surface area (Å²) in [5, 5.41) is 17.2. The first-order valence-electron chi connectivity index (χ1n) is 12.0. The van der Waals surface area contributed by atoms with Gasteiger partial charge in [-0.1, -0.05) is 38.5 Å². The Labute approximate surface area is 216 Å². The van der Waals surface area contributed by atoms with Gasteiger partial charge >= 0.3 is 0 Å². The van der Waals surface area contributed by atoms with Crippen LogP contribution in [-0.2, 0) is 24.0 Å². The molecule has 0 saturated carbocycles. The Hall–Kier alpha value is -4.00. The SMILES string of the molecule is CC[C@H](C)[C@@H]([C]=O)N(C(=O)[C@H](CCCNC(=N)N)NC(=O)CNC(=O)CNC(=O)CN)c1ccccc1. The number of benzene rings is 1. The lowest BCUT2D eigenvalue weighted by Crippen LogP contribution is -2.55. The third-order valence-electron chi connectivity index (χ3n) is 5.55. The normalized spacial score (nSPS) is 12.8. The smallest absolute Gasteiger partial charge is 0.250 e. The fourth-order valence-electron chi connectivity index (χ4n) is 3.35. The number of carbonyl (C=O) groups excluding carboxylic acids is 5. The van der Waals surface area contributed by atoms with Crippen molar-refractivity contribution in [3.05, 3.63) is 30.3 Å². The second kappa shape index (κ2) is 16.6. The van der Waals surface area contributed by atoms with E-state index in [2.05, 4.69) is 21.3 Å². The maximum absolute atomic E-state index is 13.8. The largest absolute Gasteiger partial charge is 0.370 e. The molecule has 0 aromatic heterocycles. The van der Waals surface area contributed by atoms with Gasteiger partial charge in [0.25, 0.3) is 0 Å². The van der Waals surface area contributed by atoms with Gasteiger partial charge < -0.3 is 32.7 Å². The molecule has 0 aliphatic carbocycles. The van der Waals surface area contributed by atoms with Gasteiger partial charge in [0, 0.05) is 12.2 Å². The van der Waals surface area contributed by atoms with Gasteiger partial charge in [0.2, 0.25) is 29.9 Å². The van der Waals surface area contributed by atoms with E-state index in [9.17, 15) is 24.0 Å². The maximum atomic E-state index is 13.8. The summed E-state index contributed by atoms with van der Waals surface area (Å²) in [6.45, 7) is 2.95. The van der Waals surface area contributed by atoms with Gasteiger partial charge in [-0.25, -0.2) is 0 Å². The van der Waals surface area contributed by atoms with Crippen molar-refractivity contribution in [2.45, 2.75) is 45.2 Å². The molecule has 0 aliphatic rings. The third kappa shape index (κ3) is 11.1. The summed E-state index contributed by atoms with van der Waals surface area (Å²) in [5.41, 5.74) is 11.0. The molecule has 1 aromatic carbocycles. The lowest BCUT2D eigenvalue weighted by atomic mass is 9.96. The van der Waals surface area contributed by atoms with Crippen LogP contribution >= 0.6 is 0 Å². The van der Waals surface area contributed by atoms with Crippen LogP contribution in [0.1, 0.15) is 33.1 Å². The summed E-state index contributed by atoms with van der Waals surface area (Å²) >= 11 is 0. The highest BCUT2D eigenvalue weighted by molar-refractivity contribution is 6.02. The van der Waals surface area contributed by atoms with Crippen LogP contribution in [0.15, 0.2) is 30.3 Å². The van der Waals surface area contributed by atoms with Gasteiger partial charge in [0.1, 0.15) is 12.1 Å². The van der Waals surface area contributed by atoms with Crippen LogP contribution in [-0.4, -0.2) is 74.1 Å². The van der Waals surface area contributed by atoms with Crippen LogP contribution in [0.25, 0.3) is 0 Å². The van der Waals surface area contributed by atoms with Crippen LogP contribution < -0.4 is 37.6 Å². The van der Waals surface area contributed by atoms with Crippen LogP contribution in [0, 0.1) is 11.3 Å². The minimum atomic E-state index is -1.05. The first kappa shape index (κ1) is 31.0. The molecule has 203 valence electrons. The van der Waals surface area contributed by atoms with Crippen molar-refractivity contribution in [1.82, 2.24) is 21.3 Å². The lowest BCUT2D eigenvalue weighted by Gasteiger charge is -2.34. The highest BCUT2D eigenvalue weighted by Gasteiger charge is 2.34. The molecular formula is C24H37N8O5. The van der Waals surface area contributed by atoms with Gasteiger partial charge in [-0.15, -0.1) is 0 Å². The molecule has 3 atom stereocenters. The van der Waals surface area contributed by atoms with Crippen LogP contribution in [0.3, 0.4) is 0 Å². The Balaban J connectivity index is 3.07. The second-order valence-electron chi connectivity index (χ2n) is 8.35. The van der Waals surface area contributed by atoms with Crippen LogP contribution in [0.2, 0.25) is 0 Å². The number of hydrogen-bond acceptors (Lipinski definition) is 7. The number of nitrogens with two attached hydrogens (primary N) is 2. The van der Waals surface area contributed by atoms with Crippen molar-refractivity contribution < 1.29 is 24.0 Å². The number of para-hydroxylation sites is 1. The topological polar surface area (TPSA) is 213 Å². The number of carbonyl (C=O) groups is 4. The molecule has 9 N–H and O–H groups in total. The average Bonchev–Trinajstić information content (AvgIpc) is 2.90. The van der Waals surface area contributed by atoms with Crippen molar-refractivity contribution in [3.8, 4) is 0 Å². The van der Waals surface area contributed by atoms with E-state index in [4.69, 9.17) is 16.9 Å². The minimum absolute atomic E-state index is 0.167. The summed E-state index contributed by atoms with van der Waals surface area (Å²) in [4.78, 5) is 62.8. The van der Waals surface area contributed by atoms with Gasteiger partial charge in [-0.2, -0.15) is 0 Å². The first-order valence-corrected chi connectivity index (χ1v) is 12.0.